The van der Waals surface area contributed by atoms with Gasteiger partial charge in [-0.05, 0) is 23.6 Å². The Hall–Kier alpha value is -4.67. The SMILES string of the molecule is C[C@H](/C=C/CCn1cc(C(CO)c2ccccc2)nn1)[C@@]1(O)C(=O)N(Cc2ccccc2)c2ccc([N+](=O)[O-])cc21. The highest BCUT2D eigenvalue weighted by Gasteiger charge is 2.53. The number of nitro groups is 1. The summed E-state index contributed by atoms with van der Waals surface area (Å²) in [6.07, 6.45) is 5.96. The Labute approximate surface area is 237 Å². The third-order valence-electron chi connectivity index (χ3n) is 7.55. The van der Waals surface area contributed by atoms with Crippen LogP contribution in [0.2, 0.25) is 0 Å². The van der Waals surface area contributed by atoms with Crippen molar-refractivity contribution in [3.63, 3.8) is 0 Å². The van der Waals surface area contributed by atoms with Crippen LogP contribution in [0.1, 0.15) is 41.6 Å². The molecule has 2 N–H and O–H groups in total. The van der Waals surface area contributed by atoms with E-state index in [2.05, 4.69) is 10.3 Å². The molecule has 10 nitrogen and oxygen atoms in total. The molecule has 10 heteroatoms. The monoisotopic (exact) mass is 553 g/mol. The number of carbonyl (C=O) groups is 1. The second-order valence-electron chi connectivity index (χ2n) is 10.2. The number of allylic oxidation sites excluding steroid dienone is 1. The number of benzene rings is 3. The van der Waals surface area contributed by atoms with Crippen molar-refractivity contribution in [3.8, 4) is 0 Å². The molecule has 41 heavy (non-hydrogen) atoms. The van der Waals surface area contributed by atoms with E-state index in [9.17, 15) is 25.1 Å². The normalized spacial score (nSPS) is 18.0. The molecule has 0 saturated heterocycles. The van der Waals surface area contributed by atoms with Crippen LogP contribution in [0.15, 0.2) is 97.2 Å². The molecule has 1 aliphatic rings. The number of fused-ring (bicyclic) bond motifs is 1. The van der Waals surface area contributed by atoms with Crippen LogP contribution in [0, 0.1) is 16.0 Å². The Morgan fingerprint density at radius 1 is 1.07 bits per heavy atom. The predicted molar refractivity (Wildman–Crippen MR) is 153 cm³/mol. The third kappa shape index (κ3) is 5.52. The minimum absolute atomic E-state index is 0.0896. The van der Waals surface area contributed by atoms with E-state index in [-0.39, 0.29) is 30.3 Å². The van der Waals surface area contributed by atoms with E-state index in [0.717, 1.165) is 11.1 Å². The summed E-state index contributed by atoms with van der Waals surface area (Å²) in [5.74, 6) is -1.46. The van der Waals surface area contributed by atoms with Crippen molar-refractivity contribution in [1.29, 1.82) is 0 Å². The summed E-state index contributed by atoms with van der Waals surface area (Å²) in [7, 11) is 0. The van der Waals surface area contributed by atoms with Crippen molar-refractivity contribution in [1.82, 2.24) is 15.0 Å². The zero-order valence-electron chi connectivity index (χ0n) is 22.6. The average molecular weight is 554 g/mol. The number of rotatable bonds is 11. The summed E-state index contributed by atoms with van der Waals surface area (Å²) < 4.78 is 1.69. The minimum Gasteiger partial charge on any atom is -0.395 e. The van der Waals surface area contributed by atoms with Crippen LogP contribution in [0.5, 0.6) is 0 Å². The number of amides is 1. The number of non-ortho nitro benzene ring substituents is 1. The van der Waals surface area contributed by atoms with Crippen molar-refractivity contribution in [2.45, 2.75) is 38.0 Å². The van der Waals surface area contributed by atoms with Crippen molar-refractivity contribution >= 4 is 17.3 Å². The summed E-state index contributed by atoms with van der Waals surface area (Å²) >= 11 is 0. The first-order chi connectivity index (χ1) is 19.8. The maximum atomic E-state index is 13.7. The molecule has 2 heterocycles. The van der Waals surface area contributed by atoms with E-state index in [4.69, 9.17) is 0 Å². The second kappa shape index (κ2) is 11.8. The topological polar surface area (TPSA) is 135 Å². The first kappa shape index (κ1) is 27.9. The lowest BCUT2D eigenvalue weighted by molar-refractivity contribution is -0.385. The highest BCUT2D eigenvalue weighted by Crippen LogP contribution is 2.47. The van der Waals surface area contributed by atoms with Gasteiger partial charge in [0.15, 0.2) is 5.60 Å². The van der Waals surface area contributed by atoms with Crippen LogP contribution < -0.4 is 4.90 Å². The van der Waals surface area contributed by atoms with Crippen molar-refractivity contribution in [2.75, 3.05) is 11.5 Å². The number of carbonyl (C=O) groups excluding carboxylic acids is 1. The number of aliphatic hydroxyl groups excluding tert-OH is 1. The Balaban J connectivity index is 1.32. The molecular weight excluding hydrogens is 522 g/mol. The standard InChI is InChI=1S/C31H31N5O5/c1-22(10-8-9-17-34-20-28(32-33-34)26(21-37)24-13-6-3-7-14-24)31(39)27-18-25(36(40)41)15-16-29(27)35(30(31)38)19-23-11-4-2-5-12-23/h2-8,10-16,18,20,22,26,37,39H,9,17,19,21H2,1H3/b10-8+/t22-,26?,31+/m1/s1. The smallest absolute Gasteiger partial charge is 0.269 e. The van der Waals surface area contributed by atoms with E-state index in [0.29, 0.717) is 24.3 Å². The summed E-state index contributed by atoms with van der Waals surface area (Å²) in [5, 5.41) is 41.7. The van der Waals surface area contributed by atoms with Gasteiger partial charge in [-0.2, -0.15) is 0 Å². The van der Waals surface area contributed by atoms with Gasteiger partial charge in [-0.15, -0.1) is 5.10 Å². The maximum absolute atomic E-state index is 13.7. The van der Waals surface area contributed by atoms with Crippen LogP contribution in [0.4, 0.5) is 11.4 Å². The number of nitro benzene ring substituents is 1. The fourth-order valence-electron chi connectivity index (χ4n) is 5.26. The largest absolute Gasteiger partial charge is 0.395 e. The fraction of sp³-hybridized carbons (Fsp3) is 0.258. The molecule has 0 fully saturated rings. The van der Waals surface area contributed by atoms with Crippen molar-refractivity contribution in [3.05, 3.63) is 130 Å². The molecular formula is C31H31N5O5. The molecule has 210 valence electrons. The first-order valence-corrected chi connectivity index (χ1v) is 13.4. The number of nitrogens with zero attached hydrogens (tertiary/aromatic N) is 5. The summed E-state index contributed by atoms with van der Waals surface area (Å²) in [6.45, 7) is 2.36. The summed E-state index contributed by atoms with van der Waals surface area (Å²) in [4.78, 5) is 26.2. The lowest BCUT2D eigenvalue weighted by atomic mass is 9.82. The van der Waals surface area contributed by atoms with Crippen LogP contribution in [-0.2, 0) is 23.5 Å². The molecule has 1 amide bonds. The molecule has 0 bridgehead atoms. The molecule has 4 aromatic rings. The molecule has 3 atom stereocenters. The Morgan fingerprint density at radius 3 is 2.46 bits per heavy atom. The molecule has 5 rings (SSSR count). The van der Waals surface area contributed by atoms with Gasteiger partial charge < -0.3 is 15.1 Å². The molecule has 3 aromatic carbocycles. The van der Waals surface area contributed by atoms with Gasteiger partial charge in [-0.3, -0.25) is 19.6 Å². The summed E-state index contributed by atoms with van der Waals surface area (Å²) in [6, 6.07) is 23.2. The quantitative estimate of drug-likeness (QED) is 0.160. The highest BCUT2D eigenvalue weighted by molar-refractivity contribution is 6.07. The first-order valence-electron chi connectivity index (χ1n) is 13.4. The van der Waals surface area contributed by atoms with Gasteiger partial charge >= 0.3 is 0 Å². The third-order valence-corrected chi connectivity index (χ3v) is 7.55. The molecule has 1 aromatic heterocycles. The van der Waals surface area contributed by atoms with Crippen LogP contribution in [0.25, 0.3) is 0 Å². The van der Waals surface area contributed by atoms with Crippen LogP contribution in [0.3, 0.4) is 0 Å². The highest BCUT2D eigenvalue weighted by atomic mass is 16.6. The average Bonchev–Trinajstić information content (AvgIpc) is 3.54. The van der Waals surface area contributed by atoms with Gasteiger partial charge in [0.05, 0.1) is 35.4 Å². The minimum atomic E-state index is -1.96. The molecule has 0 radical (unpaired) electrons. The van der Waals surface area contributed by atoms with Gasteiger partial charge in [-0.1, -0.05) is 85.0 Å². The van der Waals surface area contributed by atoms with Crippen LogP contribution in [-0.4, -0.2) is 42.6 Å². The van der Waals surface area contributed by atoms with Gasteiger partial charge in [-0.25, -0.2) is 0 Å². The van der Waals surface area contributed by atoms with E-state index in [1.807, 2.05) is 66.7 Å². The summed E-state index contributed by atoms with van der Waals surface area (Å²) in [5.41, 5.74) is 1.02. The number of aliphatic hydroxyl groups is 2. The molecule has 1 aliphatic heterocycles. The molecule has 0 spiro atoms. The fourth-order valence-corrected chi connectivity index (χ4v) is 5.26. The van der Waals surface area contributed by atoms with Crippen molar-refractivity contribution < 1.29 is 19.9 Å². The van der Waals surface area contributed by atoms with E-state index >= 15 is 0 Å². The van der Waals surface area contributed by atoms with Gasteiger partial charge in [0.25, 0.3) is 11.6 Å². The number of hydrogen-bond donors (Lipinski definition) is 2. The Kier molecular flexibility index (Phi) is 8.04. The Bertz CT molecular complexity index is 1560. The maximum Gasteiger partial charge on any atom is 0.269 e. The second-order valence-corrected chi connectivity index (χ2v) is 10.2. The Morgan fingerprint density at radius 2 is 1.78 bits per heavy atom. The van der Waals surface area contributed by atoms with Gasteiger partial charge in [0.2, 0.25) is 0 Å². The molecule has 0 saturated carbocycles. The van der Waals surface area contributed by atoms with E-state index < -0.39 is 22.3 Å². The number of aromatic nitrogens is 3. The molecule has 0 aliphatic carbocycles. The zero-order chi connectivity index (χ0) is 29.0. The van der Waals surface area contributed by atoms with E-state index in [1.165, 1.54) is 23.1 Å². The number of anilines is 1. The molecule has 1 unspecified atom stereocenters. The van der Waals surface area contributed by atoms with E-state index in [1.54, 1.807) is 23.9 Å². The zero-order valence-corrected chi connectivity index (χ0v) is 22.6. The van der Waals surface area contributed by atoms with Gasteiger partial charge in [0.1, 0.15) is 0 Å². The van der Waals surface area contributed by atoms with Crippen LogP contribution >= 0.6 is 0 Å². The number of hydrogen-bond acceptors (Lipinski definition) is 7. The van der Waals surface area contributed by atoms with Crippen molar-refractivity contribution in [2.24, 2.45) is 5.92 Å². The predicted octanol–water partition coefficient (Wildman–Crippen LogP) is 4.33. The number of aryl methyl sites for hydroxylation is 1. The lowest BCUT2D eigenvalue weighted by Gasteiger charge is -2.27. The van der Waals surface area contributed by atoms with Gasteiger partial charge in [0, 0.05) is 36.4 Å². The lowest BCUT2D eigenvalue weighted by Crippen LogP contribution is -2.44.